The van der Waals surface area contributed by atoms with Gasteiger partial charge in [-0.3, -0.25) is 14.6 Å². The van der Waals surface area contributed by atoms with Crippen LogP contribution in [0.25, 0.3) is 16.6 Å². The molecular weight excluding hydrogens is 338 g/mol. The molecule has 0 N–H and O–H groups in total. The average Bonchev–Trinajstić information content (AvgIpc) is 3.06. The molecule has 0 radical (unpaired) electrons. The maximum absolute atomic E-state index is 13.1. The van der Waals surface area contributed by atoms with Crippen LogP contribution in [-0.4, -0.2) is 21.0 Å². The van der Waals surface area contributed by atoms with Gasteiger partial charge in [-0.05, 0) is 35.4 Å². The molecule has 0 saturated carbocycles. The lowest BCUT2D eigenvalue weighted by molar-refractivity contribution is 0.0975. The summed E-state index contributed by atoms with van der Waals surface area (Å²) in [7, 11) is 0. The monoisotopic (exact) mass is 349 g/mol. The van der Waals surface area contributed by atoms with Crippen LogP contribution < -0.4 is 0 Å². The van der Waals surface area contributed by atoms with Gasteiger partial charge in [0.15, 0.2) is 5.78 Å². The molecule has 0 saturated heterocycles. The number of hydrogen-bond acceptors (Lipinski definition) is 4. The second kappa shape index (κ2) is 5.48. The summed E-state index contributed by atoms with van der Waals surface area (Å²) in [4.78, 5) is 30.1. The fourth-order valence-electron chi connectivity index (χ4n) is 3.68. The van der Waals surface area contributed by atoms with E-state index in [1.54, 1.807) is 47.3 Å². The second-order valence-corrected chi connectivity index (χ2v) is 6.32. The molecule has 126 valence electrons. The first-order valence-corrected chi connectivity index (χ1v) is 8.37. The summed E-state index contributed by atoms with van der Waals surface area (Å²) < 4.78 is 1.65. The summed E-state index contributed by atoms with van der Waals surface area (Å²) >= 11 is 0. The van der Waals surface area contributed by atoms with E-state index in [1.807, 2.05) is 24.3 Å². The van der Waals surface area contributed by atoms with E-state index >= 15 is 0 Å². The third-order valence-electron chi connectivity index (χ3n) is 4.92. The Bertz CT molecular complexity index is 1310. The van der Waals surface area contributed by atoms with E-state index in [-0.39, 0.29) is 28.4 Å². The van der Waals surface area contributed by atoms with Gasteiger partial charge in [-0.25, -0.2) is 0 Å². The molecule has 5 rings (SSSR count). The molecule has 3 aromatic heterocycles. The van der Waals surface area contributed by atoms with Crippen LogP contribution in [0.5, 0.6) is 0 Å². The van der Waals surface area contributed by atoms with Crippen molar-refractivity contribution in [1.29, 1.82) is 5.26 Å². The minimum Gasteiger partial charge on any atom is -0.312 e. The largest absolute Gasteiger partial charge is 0.312 e. The lowest BCUT2D eigenvalue weighted by atomic mass is 9.86. The highest BCUT2D eigenvalue weighted by molar-refractivity contribution is 6.29. The molecule has 4 aromatic rings. The van der Waals surface area contributed by atoms with Crippen molar-refractivity contribution < 1.29 is 9.59 Å². The lowest BCUT2D eigenvalue weighted by Crippen LogP contribution is -2.21. The van der Waals surface area contributed by atoms with E-state index in [1.165, 1.54) is 0 Å². The number of aromatic nitrogens is 2. The number of nitriles is 1. The summed E-state index contributed by atoms with van der Waals surface area (Å²) in [5, 5.41) is 9.76. The Hall–Kier alpha value is -4.04. The molecule has 0 fully saturated rings. The smallest absolute Gasteiger partial charge is 0.211 e. The van der Waals surface area contributed by atoms with Crippen molar-refractivity contribution in [1.82, 2.24) is 9.38 Å². The van der Waals surface area contributed by atoms with Gasteiger partial charge in [0, 0.05) is 29.7 Å². The number of fused-ring (bicyclic) bond motifs is 4. The predicted octanol–water partition coefficient (Wildman–Crippen LogP) is 3.65. The average molecular weight is 349 g/mol. The molecule has 0 bridgehead atoms. The fraction of sp³-hybridized carbons (Fsp3) is 0. The zero-order chi connectivity index (χ0) is 18.5. The van der Waals surface area contributed by atoms with E-state index in [4.69, 9.17) is 0 Å². The molecule has 1 aliphatic rings. The minimum absolute atomic E-state index is 0.188. The molecule has 3 heterocycles. The first-order valence-electron chi connectivity index (χ1n) is 8.37. The number of hydrogen-bond donors (Lipinski definition) is 0. The molecule has 1 aliphatic carbocycles. The zero-order valence-electron chi connectivity index (χ0n) is 14.0. The normalized spacial score (nSPS) is 12.6. The summed E-state index contributed by atoms with van der Waals surface area (Å²) in [6.07, 6.45) is 5.12. The van der Waals surface area contributed by atoms with E-state index in [9.17, 15) is 14.9 Å². The summed E-state index contributed by atoms with van der Waals surface area (Å²) in [6, 6.07) is 16.3. The molecule has 0 aliphatic heterocycles. The van der Waals surface area contributed by atoms with Gasteiger partial charge in [-0.15, -0.1) is 0 Å². The Morgan fingerprint density at radius 3 is 2.30 bits per heavy atom. The molecule has 0 amide bonds. The fourth-order valence-corrected chi connectivity index (χ4v) is 3.68. The first kappa shape index (κ1) is 15.2. The number of carbonyl (C=O) groups is 2. The van der Waals surface area contributed by atoms with E-state index in [2.05, 4.69) is 11.1 Å². The SMILES string of the molecule is N#Cc1c2c(n3ccc(-c4ccncc4)cc13)C(=O)c1ccccc1C2=O. The van der Waals surface area contributed by atoms with Gasteiger partial charge in [0.2, 0.25) is 5.78 Å². The molecule has 5 nitrogen and oxygen atoms in total. The maximum Gasteiger partial charge on any atom is 0.211 e. The van der Waals surface area contributed by atoms with Crippen LogP contribution in [0.15, 0.2) is 67.1 Å². The van der Waals surface area contributed by atoms with Crippen molar-refractivity contribution in [3.63, 3.8) is 0 Å². The molecule has 0 atom stereocenters. The molecule has 0 spiro atoms. The Morgan fingerprint density at radius 2 is 1.59 bits per heavy atom. The summed E-state index contributed by atoms with van der Waals surface area (Å²) in [5.74, 6) is -0.528. The highest BCUT2D eigenvalue weighted by Gasteiger charge is 2.35. The topological polar surface area (TPSA) is 75.2 Å². The van der Waals surface area contributed by atoms with Crippen LogP contribution in [0.2, 0.25) is 0 Å². The van der Waals surface area contributed by atoms with E-state index < -0.39 is 0 Å². The number of nitrogens with zero attached hydrogens (tertiary/aromatic N) is 3. The van der Waals surface area contributed by atoms with Crippen LogP contribution >= 0.6 is 0 Å². The quantitative estimate of drug-likeness (QED) is 0.463. The Labute approximate surface area is 154 Å². The number of ketones is 2. The highest BCUT2D eigenvalue weighted by atomic mass is 16.1. The number of carbonyl (C=O) groups excluding carboxylic acids is 2. The van der Waals surface area contributed by atoms with Crippen LogP contribution in [0, 0.1) is 11.3 Å². The summed E-state index contributed by atoms with van der Waals surface area (Å²) in [6.45, 7) is 0. The number of rotatable bonds is 1. The Morgan fingerprint density at radius 1 is 0.889 bits per heavy atom. The minimum atomic E-state index is -0.286. The molecular formula is C22H11N3O2. The van der Waals surface area contributed by atoms with Crippen molar-refractivity contribution >= 4 is 17.1 Å². The van der Waals surface area contributed by atoms with Gasteiger partial charge in [0.1, 0.15) is 11.8 Å². The van der Waals surface area contributed by atoms with Crippen molar-refractivity contribution in [3.8, 4) is 17.2 Å². The van der Waals surface area contributed by atoms with Gasteiger partial charge in [-0.1, -0.05) is 24.3 Å². The lowest BCUT2D eigenvalue weighted by Gasteiger charge is -2.14. The molecule has 0 unspecified atom stereocenters. The van der Waals surface area contributed by atoms with Crippen LogP contribution in [-0.2, 0) is 0 Å². The van der Waals surface area contributed by atoms with Gasteiger partial charge < -0.3 is 4.40 Å². The number of benzene rings is 1. The van der Waals surface area contributed by atoms with Crippen molar-refractivity contribution in [2.24, 2.45) is 0 Å². The zero-order valence-corrected chi connectivity index (χ0v) is 14.0. The van der Waals surface area contributed by atoms with Crippen molar-refractivity contribution in [2.45, 2.75) is 0 Å². The van der Waals surface area contributed by atoms with Crippen LogP contribution in [0.3, 0.4) is 0 Å². The predicted molar refractivity (Wildman–Crippen MR) is 98.7 cm³/mol. The summed E-state index contributed by atoms with van der Waals surface area (Å²) in [5.41, 5.74) is 3.76. The first-order chi connectivity index (χ1) is 13.2. The van der Waals surface area contributed by atoms with Gasteiger partial charge in [0.25, 0.3) is 0 Å². The maximum atomic E-state index is 13.1. The van der Waals surface area contributed by atoms with Gasteiger partial charge in [-0.2, -0.15) is 5.26 Å². The van der Waals surface area contributed by atoms with Crippen molar-refractivity contribution in [3.05, 3.63) is 95.1 Å². The standard InChI is InChI=1S/C22H11N3O2/c23-12-17-18-11-14(13-5-8-24-9-6-13)7-10-25(18)20-19(17)21(26)15-3-1-2-4-16(15)22(20)27/h1-11H. The van der Waals surface area contributed by atoms with E-state index in [0.29, 0.717) is 16.6 Å². The third kappa shape index (κ3) is 2.01. The Kier molecular flexibility index (Phi) is 3.09. The molecule has 27 heavy (non-hydrogen) atoms. The highest BCUT2D eigenvalue weighted by Crippen LogP contribution is 2.34. The Balaban J connectivity index is 1.84. The van der Waals surface area contributed by atoms with E-state index in [0.717, 1.165) is 11.1 Å². The number of pyridine rings is 2. The second-order valence-electron chi connectivity index (χ2n) is 6.32. The van der Waals surface area contributed by atoms with Crippen molar-refractivity contribution in [2.75, 3.05) is 0 Å². The van der Waals surface area contributed by atoms with Gasteiger partial charge >= 0.3 is 0 Å². The molecule has 1 aromatic carbocycles. The van der Waals surface area contributed by atoms with Crippen LogP contribution in [0.1, 0.15) is 37.5 Å². The van der Waals surface area contributed by atoms with Crippen LogP contribution in [0.4, 0.5) is 0 Å². The molecule has 5 heteroatoms. The van der Waals surface area contributed by atoms with Gasteiger partial charge in [0.05, 0.1) is 16.6 Å². The third-order valence-corrected chi connectivity index (χ3v) is 4.92.